The summed E-state index contributed by atoms with van der Waals surface area (Å²) in [6.07, 6.45) is 3.24. The number of rotatable bonds is 5. The second-order valence-electron chi connectivity index (χ2n) is 5.77. The molecule has 0 unspecified atom stereocenters. The van der Waals surface area contributed by atoms with E-state index in [1.54, 1.807) is 0 Å². The highest BCUT2D eigenvalue weighted by atomic mass is 15.2. The highest BCUT2D eigenvalue weighted by Gasteiger charge is 2.11. The van der Waals surface area contributed by atoms with Crippen LogP contribution in [0.15, 0.2) is 42.6 Å². The van der Waals surface area contributed by atoms with Gasteiger partial charge in [0.05, 0.1) is 16.6 Å². The number of hydrogen-bond donors (Lipinski definition) is 0. The van der Waals surface area contributed by atoms with Crippen LogP contribution >= 0.6 is 0 Å². The molecule has 0 saturated heterocycles. The Labute approximate surface area is 125 Å². The number of nitrogens with zero attached hydrogens (tertiary/aromatic N) is 4. The van der Waals surface area contributed by atoms with Crippen LogP contribution in [0, 0.1) is 0 Å². The maximum atomic E-state index is 4.86. The summed E-state index contributed by atoms with van der Waals surface area (Å²) in [4.78, 5) is 9.34. The molecule has 0 aliphatic rings. The predicted octanol–water partition coefficient (Wildman–Crippen LogP) is 2.88. The molecule has 2 heterocycles. The van der Waals surface area contributed by atoms with Gasteiger partial charge in [0.25, 0.3) is 0 Å². The molecule has 0 aliphatic heterocycles. The number of hydrogen-bond acceptors (Lipinski definition) is 3. The summed E-state index contributed by atoms with van der Waals surface area (Å²) in [5.74, 6) is 1.05. The van der Waals surface area contributed by atoms with Crippen molar-refractivity contribution in [2.45, 2.75) is 6.42 Å². The fourth-order valence-corrected chi connectivity index (χ4v) is 2.72. The summed E-state index contributed by atoms with van der Waals surface area (Å²) in [6.45, 7) is 2.10. The largest absolute Gasteiger partial charge is 0.358 e. The van der Waals surface area contributed by atoms with E-state index >= 15 is 0 Å². The predicted molar refractivity (Wildman–Crippen MR) is 89.1 cm³/mol. The summed E-state index contributed by atoms with van der Waals surface area (Å²) in [5, 5.41) is 0. The lowest BCUT2D eigenvalue weighted by Crippen LogP contribution is -2.24. The van der Waals surface area contributed by atoms with E-state index in [-0.39, 0.29) is 0 Å². The highest BCUT2D eigenvalue weighted by Crippen LogP contribution is 2.24. The lowest BCUT2D eigenvalue weighted by atomic mass is 10.3. The maximum Gasteiger partial charge on any atom is 0.153 e. The van der Waals surface area contributed by atoms with Crippen LogP contribution in [0.1, 0.15) is 6.42 Å². The quantitative estimate of drug-likeness (QED) is 0.719. The molecule has 110 valence electrons. The summed E-state index contributed by atoms with van der Waals surface area (Å²) in [5.41, 5.74) is 3.36. The average molecular weight is 282 g/mol. The van der Waals surface area contributed by atoms with E-state index in [0.717, 1.165) is 36.4 Å². The van der Waals surface area contributed by atoms with E-state index in [1.807, 2.05) is 6.07 Å². The molecule has 4 nitrogen and oxygen atoms in total. The molecule has 3 aromatic rings. The summed E-state index contributed by atoms with van der Waals surface area (Å²) < 4.78 is 2.22. The first-order chi connectivity index (χ1) is 10.2. The molecule has 0 aliphatic carbocycles. The first kappa shape index (κ1) is 13.9. The molecule has 0 saturated carbocycles. The smallest absolute Gasteiger partial charge is 0.153 e. The molecule has 1 aromatic carbocycles. The third-order valence-electron chi connectivity index (χ3n) is 3.81. The van der Waals surface area contributed by atoms with Crippen molar-refractivity contribution in [3.63, 3.8) is 0 Å². The molecule has 4 heteroatoms. The second-order valence-corrected chi connectivity index (χ2v) is 5.77. The van der Waals surface area contributed by atoms with Crippen molar-refractivity contribution in [1.82, 2.24) is 14.3 Å². The Morgan fingerprint density at radius 2 is 1.71 bits per heavy atom. The van der Waals surface area contributed by atoms with Gasteiger partial charge >= 0.3 is 0 Å². The molecule has 2 aromatic heterocycles. The van der Waals surface area contributed by atoms with Gasteiger partial charge in [-0.2, -0.15) is 0 Å². The molecular formula is C17H22N4. The number of para-hydroxylation sites is 2. The van der Waals surface area contributed by atoms with Crippen LogP contribution in [-0.2, 0) is 0 Å². The second kappa shape index (κ2) is 5.74. The molecule has 3 rings (SSSR count). The third kappa shape index (κ3) is 2.72. The number of aromatic nitrogens is 2. The zero-order valence-corrected chi connectivity index (χ0v) is 13.0. The molecular weight excluding hydrogens is 260 g/mol. The van der Waals surface area contributed by atoms with Crippen molar-refractivity contribution in [3.05, 3.63) is 42.6 Å². The average Bonchev–Trinajstić information content (AvgIpc) is 2.95. The van der Waals surface area contributed by atoms with Crippen molar-refractivity contribution in [2.75, 3.05) is 39.1 Å². The number of fused-ring (bicyclic) bond motifs is 3. The van der Waals surface area contributed by atoms with Crippen LogP contribution < -0.4 is 4.90 Å². The summed E-state index contributed by atoms with van der Waals surface area (Å²) in [6, 6.07) is 12.5. The van der Waals surface area contributed by atoms with E-state index < -0.39 is 0 Å². The van der Waals surface area contributed by atoms with Gasteiger partial charge in [0.2, 0.25) is 0 Å². The van der Waals surface area contributed by atoms with Gasteiger partial charge in [0.15, 0.2) is 5.82 Å². The Morgan fingerprint density at radius 1 is 0.952 bits per heavy atom. The van der Waals surface area contributed by atoms with E-state index in [4.69, 9.17) is 4.98 Å². The molecule has 0 radical (unpaired) electrons. The van der Waals surface area contributed by atoms with Crippen LogP contribution in [0.3, 0.4) is 0 Å². The molecule has 0 N–H and O–H groups in total. The summed E-state index contributed by atoms with van der Waals surface area (Å²) >= 11 is 0. The maximum absolute atomic E-state index is 4.86. The van der Waals surface area contributed by atoms with Gasteiger partial charge in [-0.05, 0) is 51.3 Å². The first-order valence-corrected chi connectivity index (χ1v) is 7.38. The minimum atomic E-state index is 1.00. The normalized spacial score (nSPS) is 11.6. The monoisotopic (exact) mass is 282 g/mol. The van der Waals surface area contributed by atoms with Crippen molar-refractivity contribution >= 4 is 22.4 Å². The van der Waals surface area contributed by atoms with Gasteiger partial charge < -0.3 is 14.2 Å². The van der Waals surface area contributed by atoms with Crippen LogP contribution in [0.25, 0.3) is 16.6 Å². The lowest BCUT2D eigenvalue weighted by molar-refractivity contribution is 0.401. The van der Waals surface area contributed by atoms with E-state index in [1.165, 1.54) is 5.52 Å². The van der Waals surface area contributed by atoms with Crippen molar-refractivity contribution in [3.8, 4) is 0 Å². The molecule has 0 spiro atoms. The van der Waals surface area contributed by atoms with Crippen LogP contribution in [-0.4, -0.2) is 48.5 Å². The molecule has 0 bridgehead atoms. The Balaban J connectivity index is 1.98. The minimum Gasteiger partial charge on any atom is -0.358 e. The highest BCUT2D eigenvalue weighted by molar-refractivity contribution is 5.84. The Morgan fingerprint density at radius 3 is 2.52 bits per heavy atom. The van der Waals surface area contributed by atoms with Gasteiger partial charge in [-0.15, -0.1) is 0 Å². The van der Waals surface area contributed by atoms with Gasteiger partial charge in [-0.3, -0.25) is 0 Å². The zero-order valence-electron chi connectivity index (χ0n) is 13.0. The third-order valence-corrected chi connectivity index (χ3v) is 3.81. The molecule has 0 amide bonds. The Hall–Kier alpha value is -2.07. The first-order valence-electron chi connectivity index (χ1n) is 7.38. The molecule has 0 fully saturated rings. The SMILES string of the molecule is CN(C)CCCN(C)c1nc2ccccc2n2cccc12. The van der Waals surface area contributed by atoms with Crippen molar-refractivity contribution in [2.24, 2.45) is 0 Å². The zero-order chi connectivity index (χ0) is 14.8. The Bertz CT molecular complexity index is 745. The van der Waals surface area contributed by atoms with Gasteiger partial charge in [-0.1, -0.05) is 12.1 Å². The van der Waals surface area contributed by atoms with E-state index in [0.29, 0.717) is 0 Å². The number of benzene rings is 1. The fraction of sp³-hybridized carbons (Fsp3) is 0.353. The lowest BCUT2D eigenvalue weighted by Gasteiger charge is -2.21. The van der Waals surface area contributed by atoms with Gasteiger partial charge in [0.1, 0.15) is 0 Å². The number of anilines is 1. The minimum absolute atomic E-state index is 1.00. The van der Waals surface area contributed by atoms with Crippen molar-refractivity contribution < 1.29 is 0 Å². The van der Waals surface area contributed by atoms with Crippen LogP contribution in [0.2, 0.25) is 0 Å². The Kier molecular flexibility index (Phi) is 3.80. The fourth-order valence-electron chi connectivity index (χ4n) is 2.72. The molecule has 21 heavy (non-hydrogen) atoms. The standard InChI is InChI=1S/C17H22N4/c1-19(2)11-7-12-20(3)17-16-10-6-13-21(16)15-9-5-4-8-14(15)18-17/h4-6,8-10,13H,7,11-12H2,1-3H3. The van der Waals surface area contributed by atoms with Crippen molar-refractivity contribution in [1.29, 1.82) is 0 Å². The van der Waals surface area contributed by atoms with Gasteiger partial charge in [-0.25, -0.2) is 4.98 Å². The van der Waals surface area contributed by atoms with Gasteiger partial charge in [0, 0.05) is 19.8 Å². The van der Waals surface area contributed by atoms with Crippen LogP contribution in [0.4, 0.5) is 5.82 Å². The summed E-state index contributed by atoms with van der Waals surface area (Å²) in [7, 11) is 6.35. The molecule has 0 atom stereocenters. The van der Waals surface area contributed by atoms with E-state index in [2.05, 4.69) is 71.9 Å². The topological polar surface area (TPSA) is 23.8 Å². The van der Waals surface area contributed by atoms with Crippen LogP contribution in [0.5, 0.6) is 0 Å². The van der Waals surface area contributed by atoms with E-state index in [9.17, 15) is 0 Å².